The molecule has 9 N–H and O–H groups in total. The van der Waals surface area contributed by atoms with Gasteiger partial charge in [-0.2, -0.15) is 0 Å². The van der Waals surface area contributed by atoms with Crippen molar-refractivity contribution >= 4 is 16.9 Å². The average molecular weight is 545 g/mol. The summed E-state index contributed by atoms with van der Waals surface area (Å²) in [6.45, 7) is 0. The third-order valence-corrected chi connectivity index (χ3v) is 5.03. The molecule has 4 rings (SSSR count). The van der Waals surface area contributed by atoms with Gasteiger partial charge in [-0.05, 0) is 5.75 Å². The number of hydrogen-bond acceptors (Lipinski definition) is 10. The summed E-state index contributed by atoms with van der Waals surface area (Å²) < 4.78 is 15.9. The predicted molar refractivity (Wildman–Crippen MR) is 111 cm³/mol. The Hall–Kier alpha value is -3.20. The fraction of sp³-hybridized carbons (Fsp3) is 0.238. The van der Waals surface area contributed by atoms with Gasteiger partial charge in [-0.1, -0.05) is 30.3 Å². The molecule has 1 aliphatic heterocycles. The third kappa shape index (κ3) is 5.40. The molecule has 35 heavy (non-hydrogen) atoms. The zero-order valence-corrected chi connectivity index (χ0v) is 18.4. The molecule has 0 saturated carbocycles. The summed E-state index contributed by atoms with van der Waals surface area (Å²) in [5, 5.41) is 61.2. The summed E-state index contributed by atoms with van der Waals surface area (Å²) in [7, 11) is 0. The maximum atomic E-state index is 12.6. The van der Waals surface area contributed by atoms with E-state index in [0.717, 1.165) is 12.1 Å². The van der Waals surface area contributed by atoms with Crippen LogP contribution in [0.15, 0.2) is 51.7 Å². The number of carboxylic acid groups (broad SMARTS) is 1. The van der Waals surface area contributed by atoms with Crippen molar-refractivity contribution in [3.63, 3.8) is 0 Å². The Kier molecular flexibility index (Phi) is 9.79. The second-order valence-corrected chi connectivity index (χ2v) is 7.12. The summed E-state index contributed by atoms with van der Waals surface area (Å²) in [5.41, 5.74) is -0.410. The number of phenols is 1. The van der Waals surface area contributed by atoms with Crippen molar-refractivity contribution in [1.82, 2.24) is 0 Å². The van der Waals surface area contributed by atoms with E-state index in [1.165, 1.54) is 0 Å². The monoisotopic (exact) mass is 544 g/mol. The van der Waals surface area contributed by atoms with Crippen molar-refractivity contribution in [2.75, 3.05) is 0 Å². The number of hydrogen-bond donors (Lipinski definition) is 5. The maximum absolute atomic E-state index is 12.6. The number of aliphatic carboxylic acids is 1. The number of benzene rings is 2. The van der Waals surface area contributed by atoms with E-state index in [1.54, 1.807) is 30.3 Å². The molecule has 3 aromatic rings. The number of aromatic hydroxyl groups is 1. The topological polar surface area (TPSA) is 253 Å². The van der Waals surface area contributed by atoms with Gasteiger partial charge in [0, 0.05) is 17.7 Å². The Balaban J connectivity index is 0.00000204. The van der Waals surface area contributed by atoms with E-state index in [9.17, 15) is 35.1 Å². The molecule has 0 radical (unpaired) electrons. The van der Waals surface area contributed by atoms with Crippen LogP contribution in [0, 0.1) is 0 Å². The van der Waals surface area contributed by atoms with Crippen LogP contribution in [0.1, 0.15) is 0 Å². The zero-order valence-electron chi connectivity index (χ0n) is 17.4. The normalized spacial score (nSPS) is 23.3. The van der Waals surface area contributed by atoms with Gasteiger partial charge in [0.25, 0.3) is 0 Å². The van der Waals surface area contributed by atoms with Crippen molar-refractivity contribution in [2.45, 2.75) is 30.7 Å². The molecule has 1 aliphatic rings. The average Bonchev–Trinajstić information content (AvgIpc) is 2.77. The standard InChI is InChI=1S/C21H18O11.Cu.2H2O/c22-9-6-10(8-4-2-1-3-5-8)30-11-7-12(14(23)15(24)13(9)11)31-21-18(27)16(25)17(26)19(32-21)20(28)29;;;/h1-7,16-19,21,23-27H,(H,28,29);;2*1H2/q;+1;;/p-1/t16-,17-,18+,19-,21+;;;/m0.../s1. The molecule has 14 heteroatoms. The first kappa shape index (κ1) is 29.8. The summed E-state index contributed by atoms with van der Waals surface area (Å²) in [6.07, 6.45) is -9.65. The first-order valence-corrected chi connectivity index (χ1v) is 9.34. The number of carbonyl (C=O) groups is 1. The van der Waals surface area contributed by atoms with Gasteiger partial charge in [-0.15, -0.1) is 0 Å². The molecule has 5 atom stereocenters. The van der Waals surface area contributed by atoms with Crippen LogP contribution in [0.2, 0.25) is 0 Å². The molecule has 1 fully saturated rings. The molecule has 1 aromatic heterocycles. The first-order chi connectivity index (χ1) is 15.2. The number of rotatable bonds is 4. The molecule has 0 aliphatic carbocycles. The third-order valence-electron chi connectivity index (χ3n) is 5.03. The number of phenolic OH excluding ortho intramolecular Hbond substituents is 1. The van der Waals surface area contributed by atoms with Crippen LogP contribution < -0.4 is 15.3 Å². The molecule has 2 heterocycles. The van der Waals surface area contributed by atoms with Crippen LogP contribution in [0.3, 0.4) is 0 Å². The number of ether oxygens (including phenoxy) is 2. The van der Waals surface area contributed by atoms with Gasteiger partial charge in [0.1, 0.15) is 29.7 Å². The second kappa shape index (κ2) is 11.5. The van der Waals surface area contributed by atoms with Gasteiger partial charge >= 0.3 is 23.0 Å². The summed E-state index contributed by atoms with van der Waals surface area (Å²) >= 11 is 0. The minimum Gasteiger partial charge on any atom is -0.869 e. The van der Waals surface area contributed by atoms with Gasteiger partial charge in [-0.25, -0.2) is 4.79 Å². The Morgan fingerprint density at radius 1 is 1.00 bits per heavy atom. The summed E-state index contributed by atoms with van der Waals surface area (Å²) in [5.74, 6) is -4.22. The van der Waals surface area contributed by atoms with Crippen LogP contribution in [-0.4, -0.2) is 73.2 Å². The summed E-state index contributed by atoms with van der Waals surface area (Å²) in [4.78, 5) is 23.7. The minimum absolute atomic E-state index is 0. The van der Waals surface area contributed by atoms with E-state index < -0.39 is 64.7 Å². The Bertz CT molecular complexity index is 1230. The fourth-order valence-corrected chi connectivity index (χ4v) is 3.36. The number of fused-ring (bicyclic) bond motifs is 1. The van der Waals surface area contributed by atoms with Crippen LogP contribution >= 0.6 is 0 Å². The quantitative estimate of drug-likeness (QED) is 0.221. The molecular weight excluding hydrogens is 524 g/mol. The molecule has 194 valence electrons. The number of aliphatic hydroxyl groups is 3. The second-order valence-electron chi connectivity index (χ2n) is 7.12. The SMILES string of the molecule is O.O.O=C(O)[C@H]1O[C@@H](Oc2cc3oc(-c4ccccc4)cc(=O)c3c([O-])c2O)[C@H](O)[C@@H](O)[C@@H]1O.[Cu+]. The van der Waals surface area contributed by atoms with E-state index in [0.29, 0.717) is 5.56 Å². The van der Waals surface area contributed by atoms with E-state index in [1.807, 2.05) is 0 Å². The maximum Gasteiger partial charge on any atom is 1.00 e. The molecule has 13 nitrogen and oxygen atoms in total. The van der Waals surface area contributed by atoms with Crippen molar-refractivity contribution in [3.8, 4) is 28.6 Å². The number of aliphatic hydroxyl groups excluding tert-OH is 3. The van der Waals surface area contributed by atoms with Crippen molar-refractivity contribution in [3.05, 3.63) is 52.7 Å². The largest absolute Gasteiger partial charge is 1.00 e. The fourth-order valence-electron chi connectivity index (χ4n) is 3.36. The van der Waals surface area contributed by atoms with E-state index in [4.69, 9.17) is 19.0 Å². The molecular formula is C21H21CuO13. The Morgan fingerprint density at radius 3 is 2.23 bits per heavy atom. The van der Waals surface area contributed by atoms with Crippen LogP contribution in [0.5, 0.6) is 17.2 Å². The smallest absolute Gasteiger partial charge is 0.869 e. The molecule has 0 spiro atoms. The van der Waals surface area contributed by atoms with Crippen LogP contribution in [-0.2, 0) is 26.6 Å². The van der Waals surface area contributed by atoms with Gasteiger partial charge < -0.3 is 55.5 Å². The predicted octanol–water partition coefficient (Wildman–Crippen LogP) is -2.14. The summed E-state index contributed by atoms with van der Waals surface area (Å²) in [6, 6.07) is 10.6. The van der Waals surface area contributed by atoms with Gasteiger partial charge in [0.2, 0.25) is 6.29 Å². The van der Waals surface area contributed by atoms with Gasteiger partial charge in [0.15, 0.2) is 23.0 Å². The molecule has 2 aromatic carbocycles. The minimum atomic E-state index is -1.95. The Labute approximate surface area is 206 Å². The van der Waals surface area contributed by atoms with Crippen molar-refractivity contribution in [1.29, 1.82) is 0 Å². The van der Waals surface area contributed by atoms with Gasteiger partial charge in [-0.3, -0.25) is 4.79 Å². The zero-order chi connectivity index (χ0) is 23.2. The van der Waals surface area contributed by atoms with Crippen LogP contribution in [0.4, 0.5) is 0 Å². The van der Waals surface area contributed by atoms with Crippen molar-refractivity contribution in [2.24, 2.45) is 0 Å². The molecule has 0 unspecified atom stereocenters. The molecule has 1 saturated heterocycles. The Morgan fingerprint density at radius 2 is 1.63 bits per heavy atom. The van der Waals surface area contributed by atoms with E-state index in [2.05, 4.69) is 0 Å². The van der Waals surface area contributed by atoms with Gasteiger partial charge in [0.05, 0.1) is 5.39 Å². The van der Waals surface area contributed by atoms with Crippen LogP contribution in [0.25, 0.3) is 22.3 Å². The van der Waals surface area contributed by atoms with E-state index in [-0.39, 0.29) is 39.4 Å². The first-order valence-electron chi connectivity index (χ1n) is 9.34. The molecule has 0 amide bonds. The van der Waals surface area contributed by atoms with E-state index >= 15 is 0 Å². The van der Waals surface area contributed by atoms with Crippen molar-refractivity contribution < 1.29 is 77.3 Å². The number of carboxylic acids is 1. The molecule has 0 bridgehead atoms.